The lowest BCUT2D eigenvalue weighted by Crippen LogP contribution is -2.04. The summed E-state index contributed by atoms with van der Waals surface area (Å²) in [6.07, 6.45) is 9.50. The molecule has 3 aromatic heterocycles. The molecule has 35 heavy (non-hydrogen) atoms. The normalized spacial score (nSPS) is 10.9. The third-order valence-electron chi connectivity index (χ3n) is 5.38. The molecule has 0 aliphatic carbocycles. The Balaban J connectivity index is 1.21. The Hall–Kier alpha value is -4.73. The van der Waals surface area contributed by atoms with Gasteiger partial charge in [-0.3, -0.25) is 0 Å². The summed E-state index contributed by atoms with van der Waals surface area (Å²) >= 11 is 0. The average molecular weight is 468 g/mol. The average Bonchev–Trinajstić information content (AvgIpc) is 3.38. The fraction of sp³-hybridized carbons (Fsp3) is 0.120. The van der Waals surface area contributed by atoms with Crippen molar-refractivity contribution in [3.63, 3.8) is 0 Å². The molecule has 2 aromatic carbocycles. The number of hydrogen-bond acceptors (Lipinski definition) is 8. The summed E-state index contributed by atoms with van der Waals surface area (Å²) in [5.74, 6) is 1.14. The second-order valence-electron chi connectivity index (χ2n) is 7.93. The first-order chi connectivity index (χ1) is 17.1. The van der Waals surface area contributed by atoms with Gasteiger partial charge in [0.05, 0.1) is 6.54 Å². The first-order valence-corrected chi connectivity index (χ1v) is 11.0. The second-order valence-corrected chi connectivity index (χ2v) is 7.93. The monoisotopic (exact) mass is 467 g/mol. The van der Waals surface area contributed by atoms with Crippen molar-refractivity contribution in [2.24, 2.45) is 0 Å². The van der Waals surface area contributed by atoms with Gasteiger partial charge in [-0.05, 0) is 41.8 Å². The van der Waals surface area contributed by atoms with Crippen LogP contribution in [-0.4, -0.2) is 34.7 Å². The summed E-state index contributed by atoms with van der Waals surface area (Å²) in [5, 5.41) is 7.27. The molecular weight excluding hydrogens is 445 g/mol. The third-order valence-corrected chi connectivity index (χ3v) is 5.38. The van der Waals surface area contributed by atoms with Gasteiger partial charge in [-0.2, -0.15) is 10.1 Å². The highest BCUT2D eigenvalue weighted by atomic mass is 19.1. The molecule has 3 heterocycles. The molecule has 0 fully saturated rings. The second kappa shape index (κ2) is 10.0. The number of anilines is 3. The highest BCUT2D eigenvalue weighted by Crippen LogP contribution is 2.24. The quantitative estimate of drug-likeness (QED) is 0.353. The predicted octanol–water partition coefficient (Wildman–Crippen LogP) is 3.82. The van der Waals surface area contributed by atoms with Crippen LogP contribution in [-0.2, 0) is 19.4 Å². The minimum absolute atomic E-state index is 0.243. The fourth-order valence-corrected chi connectivity index (χ4v) is 3.57. The fourth-order valence-electron chi connectivity index (χ4n) is 3.57. The highest BCUT2D eigenvalue weighted by molar-refractivity contribution is 5.73. The van der Waals surface area contributed by atoms with E-state index in [2.05, 4.69) is 35.3 Å². The van der Waals surface area contributed by atoms with E-state index in [4.69, 9.17) is 5.73 Å². The van der Waals surface area contributed by atoms with Crippen LogP contribution in [0.3, 0.4) is 0 Å². The summed E-state index contributed by atoms with van der Waals surface area (Å²) in [6, 6.07) is 14.4. The summed E-state index contributed by atoms with van der Waals surface area (Å²) in [7, 11) is 0. The van der Waals surface area contributed by atoms with Gasteiger partial charge in [0, 0.05) is 41.8 Å². The maximum absolute atomic E-state index is 13.3. The maximum atomic E-state index is 13.3. The van der Waals surface area contributed by atoms with Crippen molar-refractivity contribution in [3.05, 3.63) is 103 Å². The van der Waals surface area contributed by atoms with E-state index >= 15 is 0 Å². The van der Waals surface area contributed by atoms with E-state index in [1.807, 2.05) is 30.3 Å². The molecule has 0 aliphatic rings. The number of aromatic nitrogens is 7. The zero-order valence-corrected chi connectivity index (χ0v) is 18.7. The van der Waals surface area contributed by atoms with Gasteiger partial charge in [-0.15, -0.1) is 0 Å². The van der Waals surface area contributed by atoms with E-state index in [-0.39, 0.29) is 5.82 Å². The molecule has 5 aromatic rings. The van der Waals surface area contributed by atoms with Crippen LogP contribution in [0.2, 0.25) is 0 Å². The minimum atomic E-state index is -0.243. The van der Waals surface area contributed by atoms with Crippen LogP contribution >= 0.6 is 0 Å². The number of nitrogen functional groups attached to an aromatic ring is 1. The van der Waals surface area contributed by atoms with Crippen molar-refractivity contribution < 1.29 is 4.39 Å². The number of benzene rings is 2. The van der Waals surface area contributed by atoms with Crippen LogP contribution in [0.1, 0.15) is 17.0 Å². The van der Waals surface area contributed by atoms with Crippen molar-refractivity contribution in [1.29, 1.82) is 0 Å². The largest absolute Gasteiger partial charge is 0.383 e. The van der Waals surface area contributed by atoms with Crippen LogP contribution in [0.15, 0.2) is 79.8 Å². The van der Waals surface area contributed by atoms with Crippen LogP contribution in [0.25, 0.3) is 11.1 Å². The Labute approximate surface area is 201 Å². The van der Waals surface area contributed by atoms with Gasteiger partial charge in [0.2, 0.25) is 5.95 Å². The van der Waals surface area contributed by atoms with Crippen molar-refractivity contribution in [1.82, 2.24) is 34.7 Å². The van der Waals surface area contributed by atoms with Crippen molar-refractivity contribution in [2.45, 2.75) is 19.4 Å². The van der Waals surface area contributed by atoms with Crippen molar-refractivity contribution in [3.8, 4) is 11.1 Å². The van der Waals surface area contributed by atoms with Crippen LogP contribution in [0.4, 0.5) is 21.8 Å². The molecular formula is C25H22FN9. The molecule has 3 N–H and O–H groups in total. The maximum Gasteiger partial charge on any atom is 0.229 e. The van der Waals surface area contributed by atoms with Gasteiger partial charge in [0.15, 0.2) is 0 Å². The molecule has 0 amide bonds. The predicted molar refractivity (Wildman–Crippen MR) is 130 cm³/mol. The number of halogens is 1. The first-order valence-electron chi connectivity index (χ1n) is 11.0. The highest BCUT2D eigenvalue weighted by Gasteiger charge is 2.09. The smallest absolute Gasteiger partial charge is 0.229 e. The molecule has 5 rings (SSSR count). The number of rotatable bonds is 8. The molecule has 0 unspecified atom stereocenters. The lowest BCUT2D eigenvalue weighted by molar-refractivity contribution is 0.625. The van der Waals surface area contributed by atoms with Gasteiger partial charge in [0.1, 0.15) is 30.1 Å². The molecule has 10 heteroatoms. The summed E-state index contributed by atoms with van der Waals surface area (Å²) in [5.41, 5.74) is 10.4. The summed E-state index contributed by atoms with van der Waals surface area (Å²) in [6.45, 7) is 0.643. The molecule has 0 atom stereocenters. The van der Waals surface area contributed by atoms with Gasteiger partial charge in [-0.25, -0.2) is 29.0 Å². The van der Waals surface area contributed by atoms with Gasteiger partial charge in [0.25, 0.3) is 0 Å². The number of nitrogens with two attached hydrogens (primary N) is 1. The SMILES string of the molecule is Nc1nc(Nc2ccc(Cn3cncn3)cc2)ncc1-c1cnc(CCc2cccc(F)c2)nc1. The number of nitrogens with one attached hydrogen (secondary N) is 1. The lowest BCUT2D eigenvalue weighted by atomic mass is 10.1. The molecule has 0 aliphatic heterocycles. The molecule has 9 nitrogen and oxygen atoms in total. The molecule has 0 bridgehead atoms. The Kier molecular flexibility index (Phi) is 6.33. The first kappa shape index (κ1) is 22.1. The number of hydrogen-bond donors (Lipinski definition) is 2. The van der Waals surface area contributed by atoms with Crippen LogP contribution in [0, 0.1) is 5.82 Å². The molecule has 0 radical (unpaired) electrons. The van der Waals surface area contributed by atoms with E-state index in [1.54, 1.807) is 35.7 Å². The van der Waals surface area contributed by atoms with Gasteiger partial charge >= 0.3 is 0 Å². The van der Waals surface area contributed by atoms with Gasteiger partial charge < -0.3 is 11.1 Å². The van der Waals surface area contributed by atoms with Crippen LogP contribution < -0.4 is 11.1 Å². The van der Waals surface area contributed by atoms with Gasteiger partial charge in [-0.1, -0.05) is 24.3 Å². The topological polar surface area (TPSA) is 120 Å². The van der Waals surface area contributed by atoms with E-state index in [0.717, 1.165) is 22.4 Å². The standard InChI is InChI=1S/C25H22FN9/c26-20-3-1-2-17(10-20)6-9-23-29-11-19(12-30-23)22-13-31-25(34-24(22)27)33-21-7-4-18(5-8-21)14-35-16-28-15-32-35/h1-5,7-8,10-13,15-16H,6,9,14H2,(H3,27,31,33,34). The van der Waals surface area contributed by atoms with E-state index < -0.39 is 0 Å². The Bertz CT molecular complexity index is 1400. The summed E-state index contributed by atoms with van der Waals surface area (Å²) < 4.78 is 15.1. The Morgan fingerprint density at radius 2 is 1.74 bits per heavy atom. The summed E-state index contributed by atoms with van der Waals surface area (Å²) in [4.78, 5) is 21.5. The molecule has 0 saturated carbocycles. The van der Waals surface area contributed by atoms with E-state index in [0.29, 0.717) is 42.5 Å². The number of aryl methyl sites for hydroxylation is 2. The van der Waals surface area contributed by atoms with Crippen molar-refractivity contribution >= 4 is 17.5 Å². The third kappa shape index (κ3) is 5.61. The zero-order valence-electron chi connectivity index (χ0n) is 18.7. The molecule has 0 saturated heterocycles. The Morgan fingerprint density at radius 3 is 2.46 bits per heavy atom. The van der Waals surface area contributed by atoms with Crippen LogP contribution in [0.5, 0.6) is 0 Å². The lowest BCUT2D eigenvalue weighted by Gasteiger charge is -2.09. The minimum Gasteiger partial charge on any atom is -0.383 e. The zero-order chi connectivity index (χ0) is 24.0. The van der Waals surface area contributed by atoms with E-state index in [9.17, 15) is 4.39 Å². The Morgan fingerprint density at radius 1 is 0.914 bits per heavy atom. The molecule has 174 valence electrons. The number of nitrogens with zero attached hydrogens (tertiary/aromatic N) is 7. The van der Waals surface area contributed by atoms with Crippen molar-refractivity contribution in [2.75, 3.05) is 11.1 Å². The molecule has 0 spiro atoms. The van der Waals surface area contributed by atoms with E-state index in [1.165, 1.54) is 18.5 Å².